The predicted molar refractivity (Wildman–Crippen MR) is 61.9 cm³/mol. The molecule has 1 fully saturated rings. The Morgan fingerprint density at radius 1 is 1.44 bits per heavy atom. The first kappa shape index (κ1) is 13.0. The lowest BCUT2D eigenvalue weighted by Gasteiger charge is -2.14. The SMILES string of the molecule is CC(C)(C)Cc1noc(C2CCC(C(=O)O)O2)n1. The Labute approximate surface area is 105 Å². The third-order valence-corrected chi connectivity index (χ3v) is 2.74. The molecule has 0 amide bonds. The maximum absolute atomic E-state index is 10.8. The van der Waals surface area contributed by atoms with E-state index in [9.17, 15) is 4.79 Å². The van der Waals surface area contributed by atoms with Gasteiger partial charge in [-0.15, -0.1) is 0 Å². The minimum atomic E-state index is -0.938. The second-order valence-electron chi connectivity index (χ2n) is 5.82. The van der Waals surface area contributed by atoms with E-state index in [1.165, 1.54) is 0 Å². The minimum absolute atomic E-state index is 0.0846. The molecule has 1 saturated heterocycles. The summed E-state index contributed by atoms with van der Waals surface area (Å²) in [4.78, 5) is 15.1. The fourth-order valence-corrected chi connectivity index (χ4v) is 1.94. The monoisotopic (exact) mass is 254 g/mol. The molecule has 18 heavy (non-hydrogen) atoms. The molecule has 1 aliphatic heterocycles. The number of carboxylic acids is 1. The molecule has 0 aliphatic carbocycles. The van der Waals surface area contributed by atoms with E-state index in [1.807, 2.05) is 0 Å². The van der Waals surface area contributed by atoms with Gasteiger partial charge in [0.2, 0.25) is 0 Å². The van der Waals surface area contributed by atoms with Gasteiger partial charge in [0.25, 0.3) is 5.89 Å². The number of aliphatic carboxylic acids is 1. The molecule has 1 aliphatic rings. The zero-order valence-electron chi connectivity index (χ0n) is 10.8. The number of carbonyl (C=O) groups is 1. The summed E-state index contributed by atoms with van der Waals surface area (Å²) in [6, 6.07) is 0. The van der Waals surface area contributed by atoms with Crippen LogP contribution in [0.15, 0.2) is 4.52 Å². The molecule has 0 spiro atoms. The topological polar surface area (TPSA) is 85.5 Å². The van der Waals surface area contributed by atoms with Gasteiger partial charge < -0.3 is 14.4 Å². The third-order valence-electron chi connectivity index (χ3n) is 2.74. The Balaban J connectivity index is 2.01. The van der Waals surface area contributed by atoms with Crippen molar-refractivity contribution < 1.29 is 19.2 Å². The number of rotatable bonds is 3. The quantitative estimate of drug-likeness (QED) is 0.887. The summed E-state index contributed by atoms with van der Waals surface area (Å²) >= 11 is 0. The van der Waals surface area contributed by atoms with Gasteiger partial charge in [-0.3, -0.25) is 0 Å². The largest absolute Gasteiger partial charge is 0.479 e. The van der Waals surface area contributed by atoms with E-state index in [0.717, 1.165) is 0 Å². The van der Waals surface area contributed by atoms with E-state index in [2.05, 4.69) is 30.9 Å². The number of hydrogen-bond donors (Lipinski definition) is 1. The molecule has 6 nitrogen and oxygen atoms in total. The van der Waals surface area contributed by atoms with Crippen LogP contribution in [0.1, 0.15) is 51.4 Å². The van der Waals surface area contributed by atoms with Crippen molar-refractivity contribution >= 4 is 5.97 Å². The number of ether oxygens (including phenoxy) is 1. The molecule has 100 valence electrons. The van der Waals surface area contributed by atoms with Crippen LogP contribution >= 0.6 is 0 Å². The minimum Gasteiger partial charge on any atom is -0.479 e. The van der Waals surface area contributed by atoms with E-state index >= 15 is 0 Å². The lowest BCUT2D eigenvalue weighted by molar-refractivity contribution is -0.150. The van der Waals surface area contributed by atoms with Crippen LogP contribution in [0.2, 0.25) is 0 Å². The standard InChI is InChI=1S/C12H18N2O4/c1-12(2,3)6-9-13-10(18-14-9)7-4-5-8(17-7)11(15)16/h7-8H,4-6H2,1-3H3,(H,15,16). The van der Waals surface area contributed by atoms with E-state index in [-0.39, 0.29) is 11.5 Å². The molecule has 2 atom stereocenters. The zero-order chi connectivity index (χ0) is 13.3. The van der Waals surface area contributed by atoms with Crippen molar-refractivity contribution in [3.63, 3.8) is 0 Å². The van der Waals surface area contributed by atoms with Crippen molar-refractivity contribution in [3.05, 3.63) is 11.7 Å². The molecule has 1 N–H and O–H groups in total. The molecule has 0 radical (unpaired) electrons. The van der Waals surface area contributed by atoms with Gasteiger partial charge in [0, 0.05) is 6.42 Å². The highest BCUT2D eigenvalue weighted by Gasteiger charge is 2.34. The first-order valence-corrected chi connectivity index (χ1v) is 6.06. The van der Waals surface area contributed by atoms with Crippen LogP contribution < -0.4 is 0 Å². The summed E-state index contributed by atoms with van der Waals surface area (Å²) in [5.74, 6) is 0.0878. The normalized spacial score (nSPS) is 24.4. The van der Waals surface area contributed by atoms with Gasteiger partial charge in [0.05, 0.1) is 0 Å². The lowest BCUT2D eigenvalue weighted by Crippen LogP contribution is -2.18. The van der Waals surface area contributed by atoms with Crippen LogP contribution in [0.5, 0.6) is 0 Å². The average Bonchev–Trinajstić information content (AvgIpc) is 2.81. The molecule has 0 bridgehead atoms. The highest BCUT2D eigenvalue weighted by Crippen LogP contribution is 2.32. The summed E-state index contributed by atoms with van der Waals surface area (Å²) in [6.45, 7) is 6.28. The summed E-state index contributed by atoms with van der Waals surface area (Å²) in [5, 5.41) is 12.7. The first-order valence-electron chi connectivity index (χ1n) is 6.06. The number of carboxylic acid groups (broad SMARTS) is 1. The summed E-state index contributed by atoms with van der Waals surface area (Å²) < 4.78 is 10.5. The first-order chi connectivity index (χ1) is 8.35. The molecule has 1 aromatic heterocycles. The molecule has 2 heterocycles. The molecule has 6 heteroatoms. The Bertz CT molecular complexity index is 436. The van der Waals surface area contributed by atoms with Crippen molar-refractivity contribution in [2.24, 2.45) is 5.41 Å². The predicted octanol–water partition coefficient (Wildman–Crippen LogP) is 1.96. The fraction of sp³-hybridized carbons (Fsp3) is 0.750. The van der Waals surface area contributed by atoms with Gasteiger partial charge in [-0.05, 0) is 18.3 Å². The van der Waals surface area contributed by atoms with Crippen molar-refractivity contribution in [3.8, 4) is 0 Å². The van der Waals surface area contributed by atoms with Crippen LogP contribution in [0, 0.1) is 5.41 Å². The van der Waals surface area contributed by atoms with Crippen molar-refractivity contribution in [1.29, 1.82) is 0 Å². The van der Waals surface area contributed by atoms with Gasteiger partial charge >= 0.3 is 5.97 Å². The van der Waals surface area contributed by atoms with E-state index in [1.54, 1.807) is 0 Å². The van der Waals surface area contributed by atoms with Crippen molar-refractivity contribution in [2.75, 3.05) is 0 Å². The summed E-state index contributed by atoms with van der Waals surface area (Å²) in [5.41, 5.74) is 0.0846. The maximum Gasteiger partial charge on any atom is 0.332 e. The molecule has 1 aromatic rings. The van der Waals surface area contributed by atoms with Crippen molar-refractivity contribution in [1.82, 2.24) is 10.1 Å². The van der Waals surface area contributed by atoms with Gasteiger partial charge in [0.1, 0.15) is 6.10 Å². The zero-order valence-corrected chi connectivity index (χ0v) is 10.8. The molecule has 2 unspecified atom stereocenters. The lowest BCUT2D eigenvalue weighted by atomic mass is 9.92. The van der Waals surface area contributed by atoms with Crippen LogP contribution in [0.3, 0.4) is 0 Å². The highest BCUT2D eigenvalue weighted by atomic mass is 16.5. The van der Waals surface area contributed by atoms with Gasteiger partial charge in [-0.25, -0.2) is 4.79 Å². The Morgan fingerprint density at radius 3 is 2.72 bits per heavy atom. The average molecular weight is 254 g/mol. The highest BCUT2D eigenvalue weighted by molar-refractivity contribution is 5.72. The summed E-state index contributed by atoms with van der Waals surface area (Å²) in [7, 11) is 0. The second-order valence-corrected chi connectivity index (χ2v) is 5.82. The number of aromatic nitrogens is 2. The van der Waals surface area contributed by atoms with Crippen LogP contribution in [0.4, 0.5) is 0 Å². The van der Waals surface area contributed by atoms with Crippen LogP contribution in [-0.2, 0) is 16.0 Å². The molecular formula is C12H18N2O4. The van der Waals surface area contributed by atoms with E-state index in [0.29, 0.717) is 31.0 Å². The molecule has 0 aromatic carbocycles. The fourth-order valence-electron chi connectivity index (χ4n) is 1.94. The number of hydrogen-bond acceptors (Lipinski definition) is 5. The Morgan fingerprint density at radius 2 is 2.17 bits per heavy atom. The molecular weight excluding hydrogens is 236 g/mol. The van der Waals surface area contributed by atoms with Crippen LogP contribution in [0.25, 0.3) is 0 Å². The third kappa shape index (κ3) is 3.07. The van der Waals surface area contributed by atoms with E-state index in [4.69, 9.17) is 14.4 Å². The van der Waals surface area contributed by atoms with E-state index < -0.39 is 12.1 Å². The Kier molecular flexibility index (Phi) is 3.38. The Hall–Kier alpha value is -1.43. The molecule has 2 rings (SSSR count). The van der Waals surface area contributed by atoms with Gasteiger partial charge in [-0.2, -0.15) is 4.98 Å². The smallest absolute Gasteiger partial charge is 0.332 e. The van der Waals surface area contributed by atoms with Crippen LogP contribution in [-0.4, -0.2) is 27.3 Å². The van der Waals surface area contributed by atoms with Crippen molar-refractivity contribution in [2.45, 2.75) is 52.2 Å². The van der Waals surface area contributed by atoms with Gasteiger partial charge in [0.15, 0.2) is 11.9 Å². The maximum atomic E-state index is 10.8. The second kappa shape index (κ2) is 4.68. The number of nitrogens with zero attached hydrogens (tertiary/aromatic N) is 2. The van der Waals surface area contributed by atoms with Gasteiger partial charge in [-0.1, -0.05) is 25.9 Å². The summed E-state index contributed by atoms with van der Waals surface area (Å²) in [6.07, 6.45) is 0.664. The molecule has 0 saturated carbocycles.